The van der Waals surface area contributed by atoms with Gasteiger partial charge in [-0.05, 0) is 50.5 Å². The van der Waals surface area contributed by atoms with Crippen molar-refractivity contribution in [3.63, 3.8) is 0 Å². The Hall–Kier alpha value is -1.06. The Labute approximate surface area is 109 Å². The van der Waals surface area contributed by atoms with Gasteiger partial charge in [-0.25, -0.2) is 0 Å². The van der Waals surface area contributed by atoms with Crippen molar-refractivity contribution in [1.82, 2.24) is 5.32 Å². The summed E-state index contributed by atoms with van der Waals surface area (Å²) in [6, 6.07) is 4.45. The molecule has 2 rings (SSSR count). The molecule has 0 aromatic heterocycles. The molecule has 1 aliphatic heterocycles. The van der Waals surface area contributed by atoms with Crippen LogP contribution in [0.5, 0.6) is 5.75 Å². The zero-order valence-electron chi connectivity index (χ0n) is 12.0. The smallest absolute Gasteiger partial charge is 0.122 e. The van der Waals surface area contributed by atoms with Crippen LogP contribution in [0.25, 0.3) is 0 Å². The Balaban J connectivity index is 2.31. The van der Waals surface area contributed by atoms with Gasteiger partial charge in [0.15, 0.2) is 0 Å². The van der Waals surface area contributed by atoms with Gasteiger partial charge in [0.1, 0.15) is 5.75 Å². The third kappa shape index (κ3) is 2.52. The maximum atomic E-state index is 5.71. The third-order valence-corrected chi connectivity index (χ3v) is 3.69. The maximum absolute atomic E-state index is 5.71. The minimum atomic E-state index is 0.0309. The van der Waals surface area contributed by atoms with Gasteiger partial charge in [0.2, 0.25) is 0 Å². The molecule has 1 aromatic carbocycles. The van der Waals surface area contributed by atoms with Crippen molar-refractivity contribution in [2.24, 2.45) is 0 Å². The van der Waals surface area contributed by atoms with E-state index in [0.717, 1.165) is 19.0 Å². The van der Waals surface area contributed by atoms with Crippen LogP contribution in [-0.4, -0.2) is 25.9 Å². The zero-order valence-corrected chi connectivity index (χ0v) is 12.0. The predicted octanol–water partition coefficient (Wildman–Crippen LogP) is 2.75. The van der Waals surface area contributed by atoms with E-state index >= 15 is 0 Å². The van der Waals surface area contributed by atoms with E-state index in [4.69, 9.17) is 9.47 Å². The van der Waals surface area contributed by atoms with Crippen LogP contribution < -0.4 is 10.1 Å². The lowest BCUT2D eigenvalue weighted by molar-refractivity contribution is 0.0125. The fraction of sp³-hybridized carbons (Fsp3) is 0.600. The van der Waals surface area contributed by atoms with Crippen LogP contribution in [0.15, 0.2) is 12.1 Å². The Morgan fingerprint density at radius 1 is 1.28 bits per heavy atom. The predicted molar refractivity (Wildman–Crippen MR) is 73.2 cm³/mol. The molecule has 0 saturated carbocycles. The monoisotopic (exact) mass is 249 g/mol. The van der Waals surface area contributed by atoms with Crippen molar-refractivity contribution >= 4 is 0 Å². The van der Waals surface area contributed by atoms with Crippen molar-refractivity contribution in [2.75, 3.05) is 20.3 Å². The van der Waals surface area contributed by atoms with Crippen LogP contribution >= 0.6 is 0 Å². The average molecular weight is 249 g/mol. The molecule has 0 radical (unpaired) electrons. The SMILES string of the molecule is COc1ccc(C2COCC(C)(C)N2)c(C)c1C. The van der Waals surface area contributed by atoms with Crippen LogP contribution in [0.3, 0.4) is 0 Å². The standard InChI is InChI=1S/C15H23NO2/c1-10-11(2)14(17-5)7-6-12(10)13-8-18-9-15(3,4)16-13/h6-7,13,16H,8-9H2,1-5H3. The molecule has 1 atom stereocenters. The molecular weight excluding hydrogens is 226 g/mol. The summed E-state index contributed by atoms with van der Waals surface area (Å²) in [5.74, 6) is 0.951. The van der Waals surface area contributed by atoms with Gasteiger partial charge in [-0.15, -0.1) is 0 Å². The molecule has 1 aromatic rings. The molecular formula is C15H23NO2. The number of nitrogens with one attached hydrogen (secondary N) is 1. The van der Waals surface area contributed by atoms with Gasteiger partial charge in [-0.1, -0.05) is 6.07 Å². The van der Waals surface area contributed by atoms with E-state index in [2.05, 4.69) is 39.1 Å². The van der Waals surface area contributed by atoms with E-state index in [-0.39, 0.29) is 11.6 Å². The molecule has 1 fully saturated rings. The Bertz CT molecular complexity index is 440. The fourth-order valence-electron chi connectivity index (χ4n) is 2.57. The summed E-state index contributed by atoms with van der Waals surface area (Å²) in [4.78, 5) is 0. The van der Waals surface area contributed by atoms with Gasteiger partial charge < -0.3 is 14.8 Å². The summed E-state index contributed by atoms with van der Waals surface area (Å²) in [6.07, 6.45) is 0. The van der Waals surface area contributed by atoms with Gasteiger partial charge >= 0.3 is 0 Å². The molecule has 1 aliphatic rings. The first-order valence-electron chi connectivity index (χ1n) is 6.44. The lowest BCUT2D eigenvalue weighted by Gasteiger charge is -2.38. The van der Waals surface area contributed by atoms with E-state index < -0.39 is 0 Å². The van der Waals surface area contributed by atoms with Crippen molar-refractivity contribution in [3.8, 4) is 5.75 Å². The number of benzene rings is 1. The van der Waals surface area contributed by atoms with Crippen LogP contribution in [0.4, 0.5) is 0 Å². The summed E-state index contributed by atoms with van der Waals surface area (Å²) in [5, 5.41) is 3.65. The van der Waals surface area contributed by atoms with Crippen molar-refractivity contribution < 1.29 is 9.47 Å². The number of morpholine rings is 1. The third-order valence-electron chi connectivity index (χ3n) is 3.69. The van der Waals surface area contributed by atoms with Crippen LogP contribution in [-0.2, 0) is 4.74 Å². The molecule has 3 heteroatoms. The average Bonchev–Trinajstić information content (AvgIpc) is 2.31. The first-order valence-corrected chi connectivity index (χ1v) is 6.44. The minimum absolute atomic E-state index is 0.0309. The molecule has 1 N–H and O–H groups in total. The highest BCUT2D eigenvalue weighted by molar-refractivity contribution is 5.45. The van der Waals surface area contributed by atoms with Crippen molar-refractivity contribution in [2.45, 2.75) is 39.3 Å². The summed E-state index contributed by atoms with van der Waals surface area (Å²) in [6.45, 7) is 10.1. The molecule has 1 heterocycles. The molecule has 1 unspecified atom stereocenters. The van der Waals surface area contributed by atoms with Crippen LogP contribution in [0, 0.1) is 13.8 Å². The topological polar surface area (TPSA) is 30.5 Å². The second-order valence-corrected chi connectivity index (χ2v) is 5.70. The Kier molecular flexibility index (Phi) is 3.64. The lowest BCUT2D eigenvalue weighted by Crippen LogP contribution is -2.51. The van der Waals surface area contributed by atoms with Gasteiger partial charge in [-0.2, -0.15) is 0 Å². The zero-order chi connectivity index (χ0) is 13.3. The Morgan fingerprint density at radius 3 is 2.61 bits per heavy atom. The summed E-state index contributed by atoms with van der Waals surface area (Å²) in [7, 11) is 1.71. The molecule has 0 aliphatic carbocycles. The first kappa shape index (κ1) is 13.4. The largest absolute Gasteiger partial charge is 0.496 e. The quantitative estimate of drug-likeness (QED) is 0.874. The summed E-state index contributed by atoms with van der Waals surface area (Å²) < 4.78 is 11.1. The number of ether oxygens (including phenoxy) is 2. The second-order valence-electron chi connectivity index (χ2n) is 5.70. The summed E-state index contributed by atoms with van der Waals surface area (Å²) in [5.41, 5.74) is 3.83. The summed E-state index contributed by atoms with van der Waals surface area (Å²) >= 11 is 0. The van der Waals surface area contributed by atoms with Crippen LogP contribution in [0.1, 0.15) is 36.6 Å². The van der Waals surface area contributed by atoms with E-state index in [1.165, 1.54) is 16.7 Å². The van der Waals surface area contributed by atoms with E-state index in [9.17, 15) is 0 Å². The minimum Gasteiger partial charge on any atom is -0.496 e. The highest BCUT2D eigenvalue weighted by Gasteiger charge is 2.29. The van der Waals surface area contributed by atoms with E-state index in [1.54, 1.807) is 7.11 Å². The molecule has 1 saturated heterocycles. The van der Waals surface area contributed by atoms with Crippen molar-refractivity contribution in [1.29, 1.82) is 0 Å². The molecule has 3 nitrogen and oxygen atoms in total. The van der Waals surface area contributed by atoms with Gasteiger partial charge in [0, 0.05) is 5.54 Å². The highest BCUT2D eigenvalue weighted by atomic mass is 16.5. The second kappa shape index (κ2) is 4.90. The van der Waals surface area contributed by atoms with Gasteiger partial charge in [0.25, 0.3) is 0 Å². The number of hydrogen-bond donors (Lipinski definition) is 1. The normalized spacial score (nSPS) is 22.8. The number of hydrogen-bond acceptors (Lipinski definition) is 3. The maximum Gasteiger partial charge on any atom is 0.122 e. The van der Waals surface area contributed by atoms with Gasteiger partial charge in [-0.3, -0.25) is 0 Å². The number of rotatable bonds is 2. The van der Waals surface area contributed by atoms with E-state index in [1.807, 2.05) is 6.07 Å². The van der Waals surface area contributed by atoms with Gasteiger partial charge in [0.05, 0.1) is 26.4 Å². The van der Waals surface area contributed by atoms with E-state index in [0.29, 0.717) is 0 Å². The first-order chi connectivity index (χ1) is 8.44. The highest BCUT2D eigenvalue weighted by Crippen LogP contribution is 2.30. The Morgan fingerprint density at radius 2 is 2.00 bits per heavy atom. The number of methoxy groups -OCH3 is 1. The molecule has 100 valence electrons. The fourth-order valence-corrected chi connectivity index (χ4v) is 2.57. The van der Waals surface area contributed by atoms with Crippen LogP contribution in [0.2, 0.25) is 0 Å². The van der Waals surface area contributed by atoms with Crippen molar-refractivity contribution in [3.05, 3.63) is 28.8 Å². The molecule has 0 spiro atoms. The lowest BCUT2D eigenvalue weighted by atomic mass is 9.93. The molecule has 0 bridgehead atoms. The molecule has 18 heavy (non-hydrogen) atoms. The molecule has 0 amide bonds.